The maximum atomic E-state index is 12.5. The van der Waals surface area contributed by atoms with Crippen LogP contribution in [0.25, 0.3) is 0 Å². The van der Waals surface area contributed by atoms with Crippen molar-refractivity contribution in [2.75, 3.05) is 5.75 Å². The molecule has 0 radical (unpaired) electrons. The van der Waals surface area contributed by atoms with Crippen molar-refractivity contribution in [3.63, 3.8) is 0 Å². The molecule has 0 spiro atoms. The third-order valence-electron chi connectivity index (χ3n) is 3.55. The Labute approximate surface area is 134 Å². The van der Waals surface area contributed by atoms with E-state index in [1.54, 1.807) is 11.8 Å². The molecule has 0 fully saturated rings. The first-order valence-electron chi connectivity index (χ1n) is 6.84. The summed E-state index contributed by atoms with van der Waals surface area (Å²) in [4.78, 5) is 1.31. The van der Waals surface area contributed by atoms with Crippen LogP contribution in [-0.2, 0) is 10.0 Å². The lowest BCUT2D eigenvalue weighted by molar-refractivity contribution is 0.546. The van der Waals surface area contributed by atoms with Gasteiger partial charge in [-0.15, -0.1) is 11.8 Å². The zero-order valence-corrected chi connectivity index (χ0v) is 13.3. The van der Waals surface area contributed by atoms with Gasteiger partial charge in [0, 0.05) is 10.9 Å². The molecule has 1 atom stereocenters. The van der Waals surface area contributed by atoms with E-state index in [1.807, 2.05) is 30.3 Å². The first kappa shape index (κ1) is 15.1. The molecule has 3 rings (SSSR count). The molecular formula is C16H14N2O2S2. The third kappa shape index (κ3) is 3.02. The van der Waals surface area contributed by atoms with E-state index >= 15 is 0 Å². The summed E-state index contributed by atoms with van der Waals surface area (Å²) in [7, 11) is -3.60. The van der Waals surface area contributed by atoms with Crippen LogP contribution in [0.1, 0.15) is 23.6 Å². The van der Waals surface area contributed by atoms with Crippen molar-refractivity contribution in [3.05, 3.63) is 59.7 Å². The molecule has 0 aromatic heterocycles. The molecule has 0 bridgehead atoms. The van der Waals surface area contributed by atoms with Crippen molar-refractivity contribution in [2.45, 2.75) is 22.3 Å². The molecule has 0 saturated heterocycles. The van der Waals surface area contributed by atoms with Gasteiger partial charge in [0.15, 0.2) is 0 Å². The van der Waals surface area contributed by atoms with Crippen molar-refractivity contribution < 1.29 is 8.42 Å². The van der Waals surface area contributed by atoms with Crippen molar-refractivity contribution in [2.24, 2.45) is 0 Å². The predicted molar refractivity (Wildman–Crippen MR) is 86.0 cm³/mol. The molecule has 1 N–H and O–H groups in total. The van der Waals surface area contributed by atoms with Gasteiger partial charge in [0.2, 0.25) is 10.0 Å². The predicted octanol–water partition coefficient (Wildman–Crippen LogP) is 3.07. The molecule has 1 aliphatic heterocycles. The van der Waals surface area contributed by atoms with E-state index in [9.17, 15) is 8.42 Å². The van der Waals surface area contributed by atoms with Gasteiger partial charge >= 0.3 is 0 Å². The van der Waals surface area contributed by atoms with Crippen LogP contribution >= 0.6 is 11.8 Å². The van der Waals surface area contributed by atoms with Gasteiger partial charge < -0.3 is 0 Å². The third-order valence-corrected chi connectivity index (χ3v) is 6.16. The first-order valence-corrected chi connectivity index (χ1v) is 9.31. The molecule has 6 heteroatoms. The molecule has 1 heterocycles. The minimum atomic E-state index is -3.60. The standard InChI is InChI=1S/C16H14N2O2S2/c17-11-12-5-7-13(8-6-12)22(19,20)18-15-9-10-21-16-4-2-1-3-14(15)16/h1-8,15,18H,9-10H2. The molecule has 0 amide bonds. The van der Waals surface area contributed by atoms with Gasteiger partial charge in [-0.25, -0.2) is 13.1 Å². The molecule has 4 nitrogen and oxygen atoms in total. The SMILES string of the molecule is N#Cc1ccc(S(=O)(=O)NC2CCSc3ccccc32)cc1. The van der Waals surface area contributed by atoms with Crippen molar-refractivity contribution in [1.82, 2.24) is 4.72 Å². The largest absolute Gasteiger partial charge is 0.241 e. The number of nitrogens with one attached hydrogen (secondary N) is 1. The molecule has 22 heavy (non-hydrogen) atoms. The number of fused-ring (bicyclic) bond motifs is 1. The summed E-state index contributed by atoms with van der Waals surface area (Å²) in [6, 6.07) is 15.6. The second-order valence-electron chi connectivity index (χ2n) is 4.99. The minimum Gasteiger partial charge on any atom is -0.207 e. The first-order chi connectivity index (χ1) is 10.6. The van der Waals surface area contributed by atoms with E-state index in [2.05, 4.69) is 4.72 Å². The number of nitriles is 1. The molecule has 0 saturated carbocycles. The lowest BCUT2D eigenvalue weighted by Gasteiger charge is -2.25. The monoisotopic (exact) mass is 330 g/mol. The van der Waals surface area contributed by atoms with Gasteiger partial charge in [-0.3, -0.25) is 0 Å². The molecular weight excluding hydrogens is 316 g/mol. The van der Waals surface area contributed by atoms with Crippen molar-refractivity contribution in [1.29, 1.82) is 5.26 Å². The van der Waals surface area contributed by atoms with E-state index in [4.69, 9.17) is 5.26 Å². The molecule has 1 aliphatic rings. The van der Waals surface area contributed by atoms with Gasteiger partial charge in [-0.05, 0) is 48.1 Å². The smallest absolute Gasteiger partial charge is 0.207 e. The summed E-state index contributed by atoms with van der Waals surface area (Å²) in [6.07, 6.45) is 0.761. The van der Waals surface area contributed by atoms with Crippen LogP contribution in [0.3, 0.4) is 0 Å². The maximum absolute atomic E-state index is 12.5. The number of hydrogen-bond acceptors (Lipinski definition) is 4. The van der Waals surface area contributed by atoms with Crippen LogP contribution in [0.2, 0.25) is 0 Å². The number of sulfonamides is 1. The number of benzene rings is 2. The van der Waals surface area contributed by atoms with E-state index in [0.29, 0.717) is 5.56 Å². The average Bonchev–Trinajstić information content (AvgIpc) is 2.55. The normalized spacial score (nSPS) is 17.5. The quantitative estimate of drug-likeness (QED) is 0.939. The number of hydrogen-bond donors (Lipinski definition) is 1. The lowest BCUT2D eigenvalue weighted by Crippen LogP contribution is -2.30. The Bertz CT molecular complexity index is 824. The highest BCUT2D eigenvalue weighted by molar-refractivity contribution is 7.99. The number of rotatable bonds is 3. The zero-order valence-electron chi connectivity index (χ0n) is 11.7. The molecule has 112 valence electrons. The highest BCUT2D eigenvalue weighted by Crippen LogP contribution is 2.36. The summed E-state index contributed by atoms with van der Waals surface area (Å²) in [5.41, 5.74) is 1.47. The van der Waals surface area contributed by atoms with Gasteiger partial charge in [-0.2, -0.15) is 5.26 Å². The van der Waals surface area contributed by atoms with Crippen LogP contribution < -0.4 is 4.72 Å². The zero-order chi connectivity index (χ0) is 15.6. The second-order valence-corrected chi connectivity index (χ2v) is 7.84. The Balaban J connectivity index is 1.87. The minimum absolute atomic E-state index is 0.183. The van der Waals surface area contributed by atoms with E-state index in [-0.39, 0.29) is 10.9 Å². The topological polar surface area (TPSA) is 70.0 Å². The van der Waals surface area contributed by atoms with E-state index in [0.717, 1.165) is 22.6 Å². The van der Waals surface area contributed by atoms with E-state index < -0.39 is 10.0 Å². The molecule has 2 aromatic rings. The Morgan fingerprint density at radius 2 is 1.86 bits per heavy atom. The van der Waals surface area contributed by atoms with Gasteiger partial charge in [0.25, 0.3) is 0 Å². The van der Waals surface area contributed by atoms with Crippen molar-refractivity contribution >= 4 is 21.8 Å². The highest BCUT2D eigenvalue weighted by atomic mass is 32.2. The van der Waals surface area contributed by atoms with Gasteiger partial charge in [0.1, 0.15) is 0 Å². The summed E-state index contributed by atoms with van der Waals surface area (Å²) in [5.74, 6) is 0.886. The fourth-order valence-corrected chi connectivity index (χ4v) is 4.80. The second kappa shape index (κ2) is 6.13. The van der Waals surface area contributed by atoms with Gasteiger partial charge in [0.05, 0.1) is 16.5 Å². The Morgan fingerprint density at radius 1 is 1.14 bits per heavy atom. The van der Waals surface area contributed by atoms with Crippen LogP contribution in [0.5, 0.6) is 0 Å². The summed E-state index contributed by atoms with van der Waals surface area (Å²) < 4.78 is 27.8. The van der Waals surface area contributed by atoms with Crippen LogP contribution in [0, 0.1) is 11.3 Å². The Kier molecular flexibility index (Phi) is 4.21. The lowest BCUT2D eigenvalue weighted by atomic mass is 10.1. The number of thioether (sulfide) groups is 1. The Morgan fingerprint density at radius 3 is 2.59 bits per heavy atom. The van der Waals surface area contributed by atoms with Gasteiger partial charge in [-0.1, -0.05) is 18.2 Å². The van der Waals surface area contributed by atoms with Crippen LogP contribution in [0.4, 0.5) is 0 Å². The molecule has 0 aliphatic carbocycles. The maximum Gasteiger partial charge on any atom is 0.241 e. The highest BCUT2D eigenvalue weighted by Gasteiger charge is 2.25. The summed E-state index contributed by atoms with van der Waals surface area (Å²) in [6.45, 7) is 0. The Hall–Kier alpha value is -1.81. The average molecular weight is 330 g/mol. The fraction of sp³-hybridized carbons (Fsp3) is 0.188. The van der Waals surface area contributed by atoms with Crippen LogP contribution in [-0.4, -0.2) is 14.2 Å². The van der Waals surface area contributed by atoms with Crippen LogP contribution in [0.15, 0.2) is 58.3 Å². The summed E-state index contributed by atoms with van der Waals surface area (Å²) >= 11 is 1.75. The fourth-order valence-electron chi connectivity index (χ4n) is 2.43. The molecule has 2 aromatic carbocycles. The van der Waals surface area contributed by atoms with Crippen molar-refractivity contribution in [3.8, 4) is 6.07 Å². The number of nitrogens with zero attached hydrogens (tertiary/aromatic N) is 1. The summed E-state index contributed by atoms with van der Waals surface area (Å²) in [5, 5.41) is 8.78. The molecule has 1 unspecified atom stereocenters. The van der Waals surface area contributed by atoms with E-state index in [1.165, 1.54) is 24.3 Å².